The molecule has 0 aromatic rings. The molecular formula is C11H19BrN2O2. The third kappa shape index (κ3) is 3.47. The fourth-order valence-corrected chi connectivity index (χ4v) is 2.39. The molecule has 2 amide bonds. The van der Waals surface area contributed by atoms with Crippen molar-refractivity contribution >= 4 is 27.7 Å². The fraction of sp³-hybridized carbons (Fsp3) is 0.818. The normalized spacial score (nSPS) is 18.4. The zero-order valence-corrected chi connectivity index (χ0v) is 11.2. The van der Waals surface area contributed by atoms with Crippen molar-refractivity contribution in [2.45, 2.75) is 49.9 Å². The highest BCUT2D eigenvalue weighted by atomic mass is 79.9. The summed E-state index contributed by atoms with van der Waals surface area (Å²) in [5.41, 5.74) is 5.19. The van der Waals surface area contributed by atoms with Crippen LogP contribution < -0.4 is 5.73 Å². The summed E-state index contributed by atoms with van der Waals surface area (Å²) in [6.45, 7) is 1.99. The molecule has 0 heterocycles. The van der Waals surface area contributed by atoms with Crippen LogP contribution in [0.1, 0.15) is 39.0 Å². The Hall–Kier alpha value is -0.580. The molecule has 1 saturated carbocycles. The van der Waals surface area contributed by atoms with Gasteiger partial charge in [0.15, 0.2) is 0 Å². The monoisotopic (exact) mass is 290 g/mol. The standard InChI is InChI=1S/C11H19BrN2O2/c1-2-9(12)11(16)14(7-10(13)15)8-5-3-4-6-8/h8-9H,2-7H2,1H3,(H2,13,15). The molecule has 1 unspecified atom stereocenters. The van der Waals surface area contributed by atoms with Crippen LogP contribution >= 0.6 is 15.9 Å². The number of nitrogens with zero attached hydrogens (tertiary/aromatic N) is 1. The van der Waals surface area contributed by atoms with Gasteiger partial charge in [-0.2, -0.15) is 0 Å². The molecule has 0 aliphatic heterocycles. The summed E-state index contributed by atoms with van der Waals surface area (Å²) in [5, 5.41) is 0. The zero-order chi connectivity index (χ0) is 12.1. The van der Waals surface area contributed by atoms with Gasteiger partial charge in [0.1, 0.15) is 0 Å². The second-order valence-electron chi connectivity index (χ2n) is 4.25. The summed E-state index contributed by atoms with van der Waals surface area (Å²) >= 11 is 3.34. The number of rotatable bonds is 5. The van der Waals surface area contributed by atoms with E-state index in [2.05, 4.69) is 15.9 Å². The third-order valence-corrected chi connectivity index (χ3v) is 4.04. The van der Waals surface area contributed by atoms with Crippen LogP contribution in [-0.4, -0.2) is 34.1 Å². The molecule has 0 saturated heterocycles. The Labute approximate surface area is 105 Å². The van der Waals surface area contributed by atoms with Crippen LogP contribution in [-0.2, 0) is 9.59 Å². The van der Waals surface area contributed by atoms with E-state index in [1.807, 2.05) is 6.92 Å². The Balaban J connectivity index is 2.69. The van der Waals surface area contributed by atoms with Gasteiger partial charge in [-0.1, -0.05) is 35.7 Å². The van der Waals surface area contributed by atoms with Crippen molar-refractivity contribution < 1.29 is 9.59 Å². The Bertz CT molecular complexity index is 265. The maximum atomic E-state index is 12.1. The van der Waals surface area contributed by atoms with Gasteiger partial charge in [-0.25, -0.2) is 0 Å². The van der Waals surface area contributed by atoms with Crippen LogP contribution in [0.3, 0.4) is 0 Å². The number of carbonyl (C=O) groups excluding carboxylic acids is 2. The molecule has 4 nitrogen and oxygen atoms in total. The molecule has 0 radical (unpaired) electrons. The van der Waals surface area contributed by atoms with Crippen molar-refractivity contribution in [3.05, 3.63) is 0 Å². The lowest BCUT2D eigenvalue weighted by Crippen LogP contribution is -2.47. The van der Waals surface area contributed by atoms with Gasteiger partial charge in [-0.15, -0.1) is 0 Å². The summed E-state index contributed by atoms with van der Waals surface area (Å²) in [6, 6.07) is 0.201. The lowest BCUT2D eigenvalue weighted by molar-refractivity contribution is -0.136. The molecule has 92 valence electrons. The molecule has 1 atom stereocenters. The highest BCUT2D eigenvalue weighted by Crippen LogP contribution is 2.25. The smallest absolute Gasteiger partial charge is 0.237 e. The van der Waals surface area contributed by atoms with Crippen molar-refractivity contribution in [1.29, 1.82) is 0 Å². The van der Waals surface area contributed by atoms with Crippen molar-refractivity contribution in [1.82, 2.24) is 4.90 Å². The van der Waals surface area contributed by atoms with Crippen LogP contribution in [0.4, 0.5) is 0 Å². The van der Waals surface area contributed by atoms with Gasteiger partial charge in [0.25, 0.3) is 0 Å². The van der Waals surface area contributed by atoms with Gasteiger partial charge >= 0.3 is 0 Å². The van der Waals surface area contributed by atoms with Gasteiger partial charge < -0.3 is 10.6 Å². The van der Waals surface area contributed by atoms with Gasteiger partial charge in [0.05, 0.1) is 11.4 Å². The first-order valence-electron chi connectivity index (χ1n) is 5.79. The molecule has 1 aliphatic rings. The number of alkyl halides is 1. The largest absolute Gasteiger partial charge is 0.368 e. The average Bonchev–Trinajstić information content (AvgIpc) is 2.76. The average molecular weight is 291 g/mol. The van der Waals surface area contributed by atoms with Crippen LogP contribution in [0.25, 0.3) is 0 Å². The van der Waals surface area contributed by atoms with Crippen LogP contribution in [0, 0.1) is 0 Å². The van der Waals surface area contributed by atoms with Gasteiger partial charge in [0.2, 0.25) is 11.8 Å². The number of amides is 2. The molecule has 1 rings (SSSR count). The molecule has 2 N–H and O–H groups in total. The van der Waals surface area contributed by atoms with E-state index in [1.165, 1.54) is 0 Å². The lowest BCUT2D eigenvalue weighted by Gasteiger charge is -2.29. The van der Waals surface area contributed by atoms with Gasteiger partial charge in [-0.3, -0.25) is 9.59 Å². The highest BCUT2D eigenvalue weighted by Gasteiger charge is 2.30. The van der Waals surface area contributed by atoms with Gasteiger partial charge in [-0.05, 0) is 19.3 Å². The minimum Gasteiger partial charge on any atom is -0.368 e. The number of halogens is 1. The maximum absolute atomic E-state index is 12.1. The second kappa shape index (κ2) is 6.23. The van der Waals surface area contributed by atoms with Crippen molar-refractivity contribution in [3.8, 4) is 0 Å². The first-order valence-corrected chi connectivity index (χ1v) is 6.70. The summed E-state index contributed by atoms with van der Waals surface area (Å²) in [7, 11) is 0. The third-order valence-electron chi connectivity index (χ3n) is 3.00. The summed E-state index contributed by atoms with van der Waals surface area (Å²) in [5.74, 6) is -0.441. The minimum atomic E-state index is -0.434. The van der Waals surface area contributed by atoms with E-state index in [-0.39, 0.29) is 23.3 Å². The highest BCUT2D eigenvalue weighted by molar-refractivity contribution is 9.10. The predicted octanol–water partition coefficient (Wildman–Crippen LogP) is 1.42. The molecule has 0 aromatic carbocycles. The molecule has 5 heteroatoms. The number of hydrogen-bond donors (Lipinski definition) is 1. The van der Waals surface area contributed by atoms with Crippen molar-refractivity contribution in [2.75, 3.05) is 6.54 Å². The van der Waals surface area contributed by atoms with E-state index in [9.17, 15) is 9.59 Å². The van der Waals surface area contributed by atoms with Crippen LogP contribution in [0.2, 0.25) is 0 Å². The Morgan fingerprint density at radius 1 is 1.44 bits per heavy atom. The quantitative estimate of drug-likeness (QED) is 0.779. The number of primary amides is 1. The molecule has 0 bridgehead atoms. The molecule has 16 heavy (non-hydrogen) atoms. The van der Waals surface area contributed by atoms with Crippen molar-refractivity contribution in [2.24, 2.45) is 5.73 Å². The molecule has 0 spiro atoms. The van der Waals surface area contributed by atoms with E-state index in [0.29, 0.717) is 0 Å². The Morgan fingerprint density at radius 2 is 2.00 bits per heavy atom. The maximum Gasteiger partial charge on any atom is 0.237 e. The first-order chi connectivity index (χ1) is 7.56. The first kappa shape index (κ1) is 13.5. The molecule has 0 aromatic heterocycles. The Morgan fingerprint density at radius 3 is 2.44 bits per heavy atom. The number of nitrogens with two attached hydrogens (primary N) is 1. The zero-order valence-electron chi connectivity index (χ0n) is 9.62. The van der Waals surface area contributed by atoms with E-state index >= 15 is 0 Å². The molecule has 1 fully saturated rings. The van der Waals surface area contributed by atoms with E-state index in [0.717, 1.165) is 32.1 Å². The van der Waals surface area contributed by atoms with E-state index in [1.54, 1.807) is 4.90 Å². The number of hydrogen-bond acceptors (Lipinski definition) is 2. The molecular weight excluding hydrogens is 272 g/mol. The SMILES string of the molecule is CCC(Br)C(=O)N(CC(N)=O)C1CCCC1. The lowest BCUT2D eigenvalue weighted by atomic mass is 10.2. The second-order valence-corrected chi connectivity index (χ2v) is 5.35. The fourth-order valence-electron chi connectivity index (χ4n) is 2.13. The summed E-state index contributed by atoms with van der Waals surface area (Å²) in [4.78, 5) is 24.5. The van der Waals surface area contributed by atoms with E-state index in [4.69, 9.17) is 5.73 Å². The summed E-state index contributed by atoms with van der Waals surface area (Å²) < 4.78 is 0. The van der Waals surface area contributed by atoms with Crippen LogP contribution in [0.15, 0.2) is 0 Å². The van der Waals surface area contributed by atoms with Crippen molar-refractivity contribution in [3.63, 3.8) is 0 Å². The minimum absolute atomic E-state index is 0.00630. The molecule has 1 aliphatic carbocycles. The predicted molar refractivity (Wildman–Crippen MR) is 66.2 cm³/mol. The van der Waals surface area contributed by atoms with Crippen LogP contribution in [0.5, 0.6) is 0 Å². The topological polar surface area (TPSA) is 63.4 Å². The number of carbonyl (C=O) groups is 2. The summed E-state index contributed by atoms with van der Waals surface area (Å²) in [6.07, 6.45) is 4.96. The van der Waals surface area contributed by atoms with Gasteiger partial charge in [0, 0.05) is 6.04 Å². The van der Waals surface area contributed by atoms with E-state index < -0.39 is 5.91 Å². The Kier molecular flexibility index (Phi) is 5.25.